The molecule has 0 aromatic rings. The number of hydrogen-bond acceptors (Lipinski definition) is 1. The molecule has 0 aliphatic rings. The van der Waals surface area contributed by atoms with E-state index >= 15 is 0 Å². The van der Waals surface area contributed by atoms with E-state index in [1.165, 1.54) is 0 Å². The molecule has 13 heavy (non-hydrogen) atoms. The molecule has 0 bridgehead atoms. The van der Waals surface area contributed by atoms with E-state index in [9.17, 15) is 13.2 Å². The topological polar surface area (TPSA) is 12.0 Å². The van der Waals surface area contributed by atoms with Crippen molar-refractivity contribution >= 4 is 11.6 Å². The van der Waals surface area contributed by atoms with Crippen LogP contribution in [0, 0.1) is 0 Å². The summed E-state index contributed by atoms with van der Waals surface area (Å²) in [6.07, 6.45) is -4.17. The fourth-order valence-corrected chi connectivity index (χ4v) is 1.30. The van der Waals surface area contributed by atoms with Gasteiger partial charge in [-0.15, -0.1) is 11.6 Å². The fraction of sp³-hybridized carbons (Fsp3) is 1.00. The van der Waals surface area contributed by atoms with E-state index in [0.29, 0.717) is 6.42 Å². The number of hydrogen-bond donors (Lipinski definition) is 1. The van der Waals surface area contributed by atoms with Crippen molar-refractivity contribution in [2.45, 2.75) is 44.3 Å². The van der Waals surface area contributed by atoms with Crippen LogP contribution in [-0.2, 0) is 0 Å². The van der Waals surface area contributed by atoms with Crippen LogP contribution in [0.4, 0.5) is 13.2 Å². The highest BCUT2D eigenvalue weighted by Crippen LogP contribution is 2.18. The van der Waals surface area contributed by atoms with Crippen molar-refractivity contribution in [1.82, 2.24) is 5.32 Å². The van der Waals surface area contributed by atoms with E-state index in [1.54, 1.807) is 0 Å². The molecule has 0 heterocycles. The maximum Gasteiger partial charge on any atom is 0.390 e. The zero-order valence-corrected chi connectivity index (χ0v) is 8.54. The summed E-state index contributed by atoms with van der Waals surface area (Å²) < 4.78 is 35.1. The SMILES string of the molecule is CC(Cl)CC(C)NCCC(F)(F)F. The Morgan fingerprint density at radius 1 is 1.31 bits per heavy atom. The van der Waals surface area contributed by atoms with Crippen LogP contribution >= 0.6 is 11.6 Å². The lowest BCUT2D eigenvalue weighted by Gasteiger charge is -2.15. The summed E-state index contributed by atoms with van der Waals surface area (Å²) in [5.41, 5.74) is 0. The molecule has 2 atom stereocenters. The van der Waals surface area contributed by atoms with Crippen LogP contribution in [0.3, 0.4) is 0 Å². The Morgan fingerprint density at radius 3 is 2.23 bits per heavy atom. The predicted molar refractivity (Wildman–Crippen MR) is 48.1 cm³/mol. The molecule has 1 N–H and O–H groups in total. The van der Waals surface area contributed by atoms with Crippen LogP contribution in [0.25, 0.3) is 0 Å². The maximum absolute atomic E-state index is 11.7. The van der Waals surface area contributed by atoms with Crippen molar-refractivity contribution in [3.63, 3.8) is 0 Å². The van der Waals surface area contributed by atoms with Gasteiger partial charge in [-0.1, -0.05) is 0 Å². The Kier molecular flexibility index (Phi) is 5.72. The van der Waals surface area contributed by atoms with Crippen molar-refractivity contribution < 1.29 is 13.2 Å². The maximum atomic E-state index is 11.7. The minimum Gasteiger partial charge on any atom is -0.314 e. The summed E-state index contributed by atoms with van der Waals surface area (Å²) in [4.78, 5) is 0. The van der Waals surface area contributed by atoms with E-state index < -0.39 is 12.6 Å². The van der Waals surface area contributed by atoms with Crippen LogP contribution in [0.2, 0.25) is 0 Å². The van der Waals surface area contributed by atoms with Crippen molar-refractivity contribution in [3.8, 4) is 0 Å². The van der Waals surface area contributed by atoms with Gasteiger partial charge in [-0.25, -0.2) is 0 Å². The number of halogens is 4. The first-order chi connectivity index (χ1) is 5.81. The molecule has 0 aromatic carbocycles. The normalized spacial score (nSPS) is 17.1. The van der Waals surface area contributed by atoms with Crippen molar-refractivity contribution in [2.24, 2.45) is 0 Å². The molecular formula is C8H15ClF3N. The van der Waals surface area contributed by atoms with E-state index in [2.05, 4.69) is 5.32 Å². The molecule has 0 radical (unpaired) electrons. The largest absolute Gasteiger partial charge is 0.390 e. The molecular weight excluding hydrogens is 203 g/mol. The van der Waals surface area contributed by atoms with Gasteiger partial charge in [0.1, 0.15) is 0 Å². The lowest BCUT2D eigenvalue weighted by atomic mass is 10.2. The zero-order chi connectivity index (χ0) is 10.5. The van der Waals surface area contributed by atoms with Crippen LogP contribution in [0.1, 0.15) is 26.7 Å². The Labute approximate surface area is 81.6 Å². The monoisotopic (exact) mass is 217 g/mol. The minimum absolute atomic E-state index is 0.00612. The average molecular weight is 218 g/mol. The lowest BCUT2D eigenvalue weighted by molar-refractivity contribution is -0.133. The third kappa shape index (κ3) is 9.96. The van der Waals surface area contributed by atoms with Crippen LogP contribution < -0.4 is 5.32 Å². The van der Waals surface area contributed by atoms with Gasteiger partial charge < -0.3 is 5.32 Å². The molecule has 0 fully saturated rings. The van der Waals surface area contributed by atoms with Gasteiger partial charge in [-0.05, 0) is 20.3 Å². The van der Waals surface area contributed by atoms with Gasteiger partial charge in [0.25, 0.3) is 0 Å². The summed E-state index contributed by atoms with van der Waals surface area (Å²) in [5, 5.41) is 2.76. The van der Waals surface area contributed by atoms with Crippen LogP contribution in [-0.4, -0.2) is 24.1 Å². The molecule has 0 amide bonds. The number of alkyl halides is 4. The second kappa shape index (κ2) is 5.70. The molecule has 0 rings (SSSR count). The highest BCUT2D eigenvalue weighted by atomic mass is 35.5. The first-order valence-electron chi connectivity index (χ1n) is 4.25. The Bertz CT molecular complexity index is 136. The highest BCUT2D eigenvalue weighted by molar-refractivity contribution is 6.20. The fourth-order valence-electron chi connectivity index (χ4n) is 1.03. The zero-order valence-electron chi connectivity index (χ0n) is 7.79. The van der Waals surface area contributed by atoms with E-state index in [-0.39, 0.29) is 18.0 Å². The highest BCUT2D eigenvalue weighted by Gasteiger charge is 2.26. The van der Waals surface area contributed by atoms with Gasteiger partial charge in [0.2, 0.25) is 0 Å². The summed E-state index contributed by atoms with van der Waals surface area (Å²) in [5.74, 6) is 0. The molecule has 1 nitrogen and oxygen atoms in total. The Morgan fingerprint density at radius 2 is 1.85 bits per heavy atom. The van der Waals surface area contributed by atoms with Crippen molar-refractivity contribution in [3.05, 3.63) is 0 Å². The molecule has 0 aliphatic carbocycles. The Balaban J connectivity index is 3.42. The van der Waals surface area contributed by atoms with E-state index in [0.717, 1.165) is 0 Å². The predicted octanol–water partition coefficient (Wildman–Crippen LogP) is 2.93. The van der Waals surface area contributed by atoms with E-state index in [4.69, 9.17) is 11.6 Å². The van der Waals surface area contributed by atoms with Crippen molar-refractivity contribution in [1.29, 1.82) is 0 Å². The van der Waals surface area contributed by atoms with Gasteiger partial charge in [-0.3, -0.25) is 0 Å². The van der Waals surface area contributed by atoms with Gasteiger partial charge in [-0.2, -0.15) is 13.2 Å². The van der Waals surface area contributed by atoms with Gasteiger partial charge in [0.05, 0.1) is 6.42 Å². The second-order valence-corrected chi connectivity index (χ2v) is 3.98. The minimum atomic E-state index is -4.07. The molecule has 0 spiro atoms. The molecule has 0 saturated heterocycles. The lowest BCUT2D eigenvalue weighted by Crippen LogP contribution is -2.31. The molecule has 2 unspecified atom stereocenters. The molecule has 0 aromatic heterocycles. The first kappa shape index (κ1) is 13.0. The third-order valence-electron chi connectivity index (χ3n) is 1.58. The van der Waals surface area contributed by atoms with Gasteiger partial charge >= 0.3 is 6.18 Å². The van der Waals surface area contributed by atoms with E-state index in [1.807, 2.05) is 13.8 Å². The van der Waals surface area contributed by atoms with Gasteiger partial charge in [0.15, 0.2) is 0 Å². The smallest absolute Gasteiger partial charge is 0.314 e. The quantitative estimate of drug-likeness (QED) is 0.699. The van der Waals surface area contributed by atoms with Gasteiger partial charge in [0, 0.05) is 18.0 Å². The molecule has 0 saturated carbocycles. The summed E-state index contributed by atoms with van der Waals surface area (Å²) in [6, 6.07) is 0.0369. The summed E-state index contributed by atoms with van der Waals surface area (Å²) in [7, 11) is 0. The number of nitrogens with one attached hydrogen (secondary N) is 1. The standard InChI is InChI=1S/C8H15ClF3N/c1-6(9)5-7(2)13-4-3-8(10,11)12/h6-7,13H,3-5H2,1-2H3. The van der Waals surface area contributed by atoms with Crippen molar-refractivity contribution in [2.75, 3.05) is 6.54 Å². The average Bonchev–Trinajstić information content (AvgIpc) is 1.81. The first-order valence-corrected chi connectivity index (χ1v) is 4.69. The molecule has 0 aliphatic heterocycles. The Hall–Kier alpha value is 0.0400. The summed E-state index contributed by atoms with van der Waals surface area (Å²) >= 11 is 5.68. The van der Waals surface area contributed by atoms with Crippen LogP contribution in [0.15, 0.2) is 0 Å². The third-order valence-corrected chi connectivity index (χ3v) is 1.76. The summed E-state index contributed by atoms with van der Waals surface area (Å²) in [6.45, 7) is 3.62. The molecule has 80 valence electrons. The second-order valence-electron chi connectivity index (χ2n) is 3.24. The molecule has 5 heteroatoms. The number of rotatable bonds is 5. The van der Waals surface area contributed by atoms with Crippen LogP contribution in [0.5, 0.6) is 0 Å².